The van der Waals surface area contributed by atoms with Gasteiger partial charge in [0.2, 0.25) is 0 Å². The molecule has 17 heavy (non-hydrogen) atoms. The summed E-state index contributed by atoms with van der Waals surface area (Å²) in [5.74, 6) is -0.899. The number of aromatic amines is 1. The van der Waals surface area contributed by atoms with Crippen LogP contribution >= 0.6 is 0 Å². The van der Waals surface area contributed by atoms with Crippen molar-refractivity contribution in [1.82, 2.24) is 14.5 Å². The molecule has 0 radical (unpaired) electrons. The van der Waals surface area contributed by atoms with Gasteiger partial charge in [-0.15, -0.1) is 0 Å². The number of H-pyrrole nitrogens is 1. The van der Waals surface area contributed by atoms with Gasteiger partial charge in [-0.1, -0.05) is 0 Å². The molecule has 2 aromatic rings. The number of pyridine rings is 1. The number of nitro groups is 2. The average Bonchev–Trinajstić information content (AvgIpc) is 2.53. The molecule has 2 heterocycles. The Kier molecular flexibility index (Phi) is 2.12. The van der Waals surface area contributed by atoms with Crippen molar-refractivity contribution in [2.75, 3.05) is 0 Å². The van der Waals surface area contributed by atoms with Crippen LogP contribution in [0.15, 0.2) is 10.9 Å². The summed E-state index contributed by atoms with van der Waals surface area (Å²) >= 11 is 0. The predicted octanol–water partition coefficient (Wildman–Crippen LogP) is 0.0780. The molecule has 0 fully saturated rings. The SMILES string of the molecule is Cn1c(=O)[nH]c2nc([N+](=O)[O-])c([N+](=O)[O-])cc21. The topological polar surface area (TPSA) is 137 Å². The lowest BCUT2D eigenvalue weighted by atomic mass is 10.3. The van der Waals surface area contributed by atoms with E-state index >= 15 is 0 Å². The molecule has 0 saturated carbocycles. The van der Waals surface area contributed by atoms with Gasteiger partial charge >= 0.3 is 17.2 Å². The van der Waals surface area contributed by atoms with Crippen LogP contribution in [0, 0.1) is 20.2 Å². The fourth-order valence-electron chi connectivity index (χ4n) is 1.39. The van der Waals surface area contributed by atoms with Gasteiger partial charge in [0.1, 0.15) is 5.52 Å². The summed E-state index contributed by atoms with van der Waals surface area (Å²) in [4.78, 5) is 36.3. The normalized spacial score (nSPS) is 10.6. The van der Waals surface area contributed by atoms with E-state index < -0.39 is 27.0 Å². The highest BCUT2D eigenvalue weighted by molar-refractivity contribution is 5.76. The molecule has 2 aromatic heterocycles. The Bertz CT molecular complexity index is 698. The average molecular weight is 239 g/mol. The minimum Gasteiger partial charge on any atom is -0.358 e. The van der Waals surface area contributed by atoms with Gasteiger partial charge < -0.3 is 10.1 Å². The van der Waals surface area contributed by atoms with E-state index in [1.807, 2.05) is 0 Å². The first-order valence-electron chi connectivity index (χ1n) is 4.30. The minimum absolute atomic E-state index is 0.0604. The van der Waals surface area contributed by atoms with Crippen LogP contribution in [0.2, 0.25) is 0 Å². The van der Waals surface area contributed by atoms with E-state index in [1.165, 1.54) is 7.05 Å². The van der Waals surface area contributed by atoms with Crippen molar-refractivity contribution in [1.29, 1.82) is 0 Å². The maximum absolute atomic E-state index is 11.2. The molecule has 0 aromatic carbocycles. The van der Waals surface area contributed by atoms with Crippen LogP contribution in [0.25, 0.3) is 11.2 Å². The number of nitrogens with zero attached hydrogens (tertiary/aromatic N) is 4. The van der Waals surface area contributed by atoms with Crippen molar-refractivity contribution in [3.8, 4) is 0 Å². The third kappa shape index (κ3) is 1.51. The number of nitrogens with one attached hydrogen (secondary N) is 1. The molecule has 10 nitrogen and oxygen atoms in total. The Morgan fingerprint density at radius 3 is 2.53 bits per heavy atom. The first-order chi connectivity index (χ1) is 7.91. The Morgan fingerprint density at radius 2 is 2.00 bits per heavy atom. The summed E-state index contributed by atoms with van der Waals surface area (Å²) in [6.45, 7) is 0. The van der Waals surface area contributed by atoms with Crippen molar-refractivity contribution in [3.05, 3.63) is 36.8 Å². The monoisotopic (exact) mass is 239 g/mol. The van der Waals surface area contributed by atoms with Crippen LogP contribution in [-0.2, 0) is 7.05 Å². The van der Waals surface area contributed by atoms with Crippen molar-refractivity contribution in [2.24, 2.45) is 7.05 Å². The molecule has 0 unspecified atom stereocenters. The lowest BCUT2D eigenvalue weighted by Gasteiger charge is -1.95. The Labute approximate surface area is 91.8 Å². The first-order valence-corrected chi connectivity index (χ1v) is 4.30. The third-order valence-electron chi connectivity index (χ3n) is 2.22. The lowest BCUT2D eigenvalue weighted by molar-refractivity contribution is -0.425. The number of fused-ring (bicyclic) bond motifs is 1. The standard InChI is InChI=1S/C7H5N5O5/c1-10-3-2-4(11(14)15)6(12(16)17)8-5(3)9-7(10)13/h2H,1H3,(H,8,9,13). The highest BCUT2D eigenvalue weighted by Crippen LogP contribution is 2.26. The fourth-order valence-corrected chi connectivity index (χ4v) is 1.39. The summed E-state index contributed by atoms with van der Waals surface area (Å²) < 4.78 is 1.08. The number of aromatic nitrogens is 3. The molecular weight excluding hydrogens is 234 g/mol. The molecule has 0 saturated heterocycles. The second kappa shape index (κ2) is 3.37. The van der Waals surface area contributed by atoms with E-state index in [-0.39, 0.29) is 11.2 Å². The molecular formula is C7H5N5O5. The van der Waals surface area contributed by atoms with E-state index in [0.717, 1.165) is 10.6 Å². The van der Waals surface area contributed by atoms with Crippen molar-refractivity contribution >= 4 is 22.7 Å². The molecule has 0 aliphatic carbocycles. The number of rotatable bonds is 2. The molecule has 88 valence electrons. The zero-order chi connectivity index (χ0) is 12.7. The van der Waals surface area contributed by atoms with Gasteiger partial charge in [-0.3, -0.25) is 19.7 Å². The van der Waals surface area contributed by atoms with Crippen LogP contribution in [0.1, 0.15) is 0 Å². The fraction of sp³-hybridized carbons (Fsp3) is 0.143. The molecule has 1 N–H and O–H groups in total. The smallest absolute Gasteiger partial charge is 0.358 e. The van der Waals surface area contributed by atoms with Crippen LogP contribution in [0.5, 0.6) is 0 Å². The summed E-state index contributed by atoms with van der Waals surface area (Å²) in [5.41, 5.74) is -1.23. The molecule has 10 heteroatoms. The Morgan fingerprint density at radius 1 is 1.35 bits per heavy atom. The van der Waals surface area contributed by atoms with Crippen molar-refractivity contribution in [3.63, 3.8) is 0 Å². The van der Waals surface area contributed by atoms with Gasteiger partial charge in [0, 0.05) is 7.05 Å². The maximum atomic E-state index is 11.2. The second-order valence-corrected chi connectivity index (χ2v) is 3.20. The molecule has 0 spiro atoms. The molecule has 2 rings (SSSR count). The summed E-state index contributed by atoms with van der Waals surface area (Å²) in [6.07, 6.45) is 0. The number of aryl methyl sites for hydroxylation is 1. The van der Waals surface area contributed by atoms with E-state index in [9.17, 15) is 25.0 Å². The lowest BCUT2D eigenvalue weighted by Crippen LogP contribution is -2.11. The molecule has 0 atom stereocenters. The van der Waals surface area contributed by atoms with E-state index in [4.69, 9.17) is 0 Å². The summed E-state index contributed by atoms with van der Waals surface area (Å²) in [7, 11) is 1.37. The zero-order valence-electron chi connectivity index (χ0n) is 8.41. The first kappa shape index (κ1) is 10.7. The molecule has 0 bridgehead atoms. The van der Waals surface area contributed by atoms with E-state index in [1.54, 1.807) is 0 Å². The van der Waals surface area contributed by atoms with Gasteiger partial charge in [0.15, 0.2) is 0 Å². The van der Waals surface area contributed by atoms with Crippen LogP contribution in [0.4, 0.5) is 11.5 Å². The van der Waals surface area contributed by atoms with Gasteiger partial charge in [0.25, 0.3) is 5.65 Å². The van der Waals surface area contributed by atoms with Gasteiger partial charge in [-0.25, -0.2) is 4.79 Å². The number of hydrogen-bond acceptors (Lipinski definition) is 6. The Balaban J connectivity index is 2.91. The predicted molar refractivity (Wildman–Crippen MR) is 54.6 cm³/mol. The van der Waals surface area contributed by atoms with Crippen LogP contribution in [-0.4, -0.2) is 24.4 Å². The van der Waals surface area contributed by atoms with Crippen LogP contribution in [0.3, 0.4) is 0 Å². The maximum Gasteiger partial charge on any atom is 0.444 e. The van der Waals surface area contributed by atoms with Crippen molar-refractivity contribution < 1.29 is 9.85 Å². The third-order valence-corrected chi connectivity index (χ3v) is 2.22. The minimum atomic E-state index is -0.969. The van der Waals surface area contributed by atoms with Crippen LogP contribution < -0.4 is 5.69 Å². The highest BCUT2D eigenvalue weighted by Gasteiger charge is 2.29. The van der Waals surface area contributed by atoms with Crippen molar-refractivity contribution in [2.45, 2.75) is 0 Å². The zero-order valence-corrected chi connectivity index (χ0v) is 8.41. The van der Waals surface area contributed by atoms with Gasteiger partial charge in [0.05, 0.1) is 11.0 Å². The largest absolute Gasteiger partial charge is 0.444 e. The quantitative estimate of drug-likeness (QED) is 0.581. The molecule has 0 aliphatic rings. The van der Waals surface area contributed by atoms with E-state index in [2.05, 4.69) is 9.97 Å². The van der Waals surface area contributed by atoms with E-state index in [0.29, 0.717) is 0 Å². The van der Waals surface area contributed by atoms with Gasteiger partial charge in [-0.05, 0) is 9.91 Å². The summed E-state index contributed by atoms with van der Waals surface area (Å²) in [6, 6.07) is 0.943. The Hall–Kier alpha value is -2.78. The number of imidazole rings is 1. The second-order valence-electron chi connectivity index (χ2n) is 3.20. The highest BCUT2D eigenvalue weighted by atomic mass is 16.6. The number of hydrogen-bond donors (Lipinski definition) is 1. The summed E-state index contributed by atoms with van der Waals surface area (Å²) in [5, 5.41) is 21.3. The van der Waals surface area contributed by atoms with Gasteiger partial charge in [-0.2, -0.15) is 0 Å². The molecule has 0 amide bonds. The molecule has 0 aliphatic heterocycles.